The third-order valence-electron chi connectivity index (χ3n) is 7.88. The quantitative estimate of drug-likeness (QED) is 0.209. The van der Waals surface area contributed by atoms with Crippen LogP contribution in [0.2, 0.25) is 0 Å². The van der Waals surface area contributed by atoms with Crippen molar-refractivity contribution in [2.24, 2.45) is 11.3 Å². The standard InChI is InChI=1S/C32H48O8/c1-4-7-12-34-13-14-35-15-16-36-22-31(20-30-29(39-24-40-30)18-26(31)8-5-2)21-32(33,11-6-3)19-25-9-10-27-28(17-25)38-23-37-27/h9-10,17-18,20,26,33H,4-8,11-16,19,21-24H2,1-3H3. The lowest BCUT2D eigenvalue weighted by molar-refractivity contribution is -0.0586. The second kappa shape index (κ2) is 15.1. The number of benzene rings is 1. The van der Waals surface area contributed by atoms with Crippen molar-refractivity contribution in [2.45, 2.75) is 77.7 Å². The number of aliphatic hydroxyl groups is 1. The first-order chi connectivity index (χ1) is 19.5. The Balaban J connectivity index is 1.47. The second-order valence-corrected chi connectivity index (χ2v) is 11.2. The van der Waals surface area contributed by atoms with Gasteiger partial charge >= 0.3 is 0 Å². The van der Waals surface area contributed by atoms with E-state index in [9.17, 15) is 5.11 Å². The lowest BCUT2D eigenvalue weighted by Crippen LogP contribution is -2.45. The van der Waals surface area contributed by atoms with E-state index in [1.807, 2.05) is 18.2 Å². The average molecular weight is 561 g/mol. The zero-order valence-corrected chi connectivity index (χ0v) is 24.6. The summed E-state index contributed by atoms with van der Waals surface area (Å²) in [6.07, 6.45) is 11.1. The number of fused-ring (bicyclic) bond motifs is 2. The van der Waals surface area contributed by atoms with Gasteiger partial charge in [-0.15, -0.1) is 0 Å². The highest BCUT2D eigenvalue weighted by Gasteiger charge is 2.47. The molecule has 4 rings (SSSR count). The molecule has 3 aliphatic rings. The second-order valence-electron chi connectivity index (χ2n) is 11.2. The minimum atomic E-state index is -0.952. The predicted molar refractivity (Wildman–Crippen MR) is 152 cm³/mol. The Morgan fingerprint density at radius 3 is 2.35 bits per heavy atom. The number of ether oxygens (including phenoxy) is 7. The fourth-order valence-electron chi connectivity index (χ4n) is 6.02. The zero-order valence-electron chi connectivity index (χ0n) is 24.6. The van der Waals surface area contributed by atoms with Gasteiger partial charge in [0.05, 0.1) is 38.6 Å². The van der Waals surface area contributed by atoms with Crippen molar-refractivity contribution >= 4 is 0 Å². The number of unbranched alkanes of at least 4 members (excludes halogenated alkanes) is 1. The molecule has 3 atom stereocenters. The molecule has 1 aromatic rings. The first-order valence-electron chi connectivity index (χ1n) is 15.1. The summed E-state index contributed by atoms with van der Waals surface area (Å²) < 4.78 is 40.3. The molecule has 40 heavy (non-hydrogen) atoms. The highest BCUT2D eigenvalue weighted by Crippen LogP contribution is 2.49. The van der Waals surface area contributed by atoms with Gasteiger partial charge in [0, 0.05) is 18.4 Å². The van der Waals surface area contributed by atoms with Gasteiger partial charge in [-0.2, -0.15) is 0 Å². The molecule has 0 aromatic heterocycles. The van der Waals surface area contributed by atoms with E-state index in [1.54, 1.807) is 0 Å². The number of allylic oxidation sites excluding steroid dienone is 1. The van der Waals surface area contributed by atoms with E-state index in [0.717, 1.165) is 67.3 Å². The number of rotatable bonds is 19. The van der Waals surface area contributed by atoms with Crippen molar-refractivity contribution in [3.05, 3.63) is 47.4 Å². The molecule has 1 N–H and O–H groups in total. The van der Waals surface area contributed by atoms with E-state index in [1.165, 1.54) is 0 Å². The third kappa shape index (κ3) is 8.15. The summed E-state index contributed by atoms with van der Waals surface area (Å²) in [6.45, 7) is 10.3. The average Bonchev–Trinajstić information content (AvgIpc) is 3.59. The Labute approximate surface area is 239 Å². The predicted octanol–water partition coefficient (Wildman–Crippen LogP) is 5.92. The van der Waals surface area contributed by atoms with Crippen LogP contribution in [-0.4, -0.2) is 63.9 Å². The van der Waals surface area contributed by atoms with Crippen LogP contribution in [0, 0.1) is 11.3 Å². The molecule has 8 nitrogen and oxygen atoms in total. The summed E-state index contributed by atoms with van der Waals surface area (Å²) in [5.74, 6) is 3.18. The third-order valence-corrected chi connectivity index (χ3v) is 7.88. The molecule has 0 radical (unpaired) electrons. The van der Waals surface area contributed by atoms with E-state index in [2.05, 4.69) is 32.9 Å². The summed E-state index contributed by atoms with van der Waals surface area (Å²) in [4.78, 5) is 0. The lowest BCUT2D eigenvalue weighted by Gasteiger charge is -2.44. The molecular weight excluding hydrogens is 512 g/mol. The molecule has 2 heterocycles. The SMILES string of the molecule is CCCCOCCOCCOCC1(CC(O)(CCC)Cc2ccc3c(c2)OCO3)C=C2OCOC2=CC1CCC. The summed E-state index contributed by atoms with van der Waals surface area (Å²) in [6, 6.07) is 5.94. The fourth-order valence-corrected chi connectivity index (χ4v) is 6.02. The molecule has 1 fully saturated rings. The molecule has 1 saturated heterocycles. The molecule has 0 saturated carbocycles. The molecule has 1 aromatic carbocycles. The van der Waals surface area contributed by atoms with Crippen LogP contribution in [0.25, 0.3) is 0 Å². The molecule has 3 unspecified atom stereocenters. The Morgan fingerprint density at radius 2 is 1.57 bits per heavy atom. The van der Waals surface area contributed by atoms with Gasteiger partial charge < -0.3 is 38.3 Å². The maximum atomic E-state index is 12.2. The van der Waals surface area contributed by atoms with Gasteiger partial charge in [0.15, 0.2) is 23.0 Å². The fraction of sp³-hybridized carbons (Fsp3) is 0.688. The molecule has 0 amide bonds. The Morgan fingerprint density at radius 1 is 0.850 bits per heavy atom. The van der Waals surface area contributed by atoms with Gasteiger partial charge in [0.2, 0.25) is 13.6 Å². The Kier molecular flexibility index (Phi) is 11.6. The molecule has 0 spiro atoms. The molecular formula is C32H48O8. The van der Waals surface area contributed by atoms with E-state index < -0.39 is 11.0 Å². The summed E-state index contributed by atoms with van der Waals surface area (Å²) >= 11 is 0. The van der Waals surface area contributed by atoms with Crippen LogP contribution in [0.15, 0.2) is 41.9 Å². The van der Waals surface area contributed by atoms with Crippen LogP contribution in [0.5, 0.6) is 11.5 Å². The summed E-state index contributed by atoms with van der Waals surface area (Å²) in [5.41, 5.74) is -0.379. The van der Waals surface area contributed by atoms with Crippen molar-refractivity contribution < 1.29 is 38.3 Å². The lowest BCUT2D eigenvalue weighted by atomic mass is 9.63. The van der Waals surface area contributed by atoms with Crippen molar-refractivity contribution in [1.82, 2.24) is 0 Å². The number of hydrogen-bond acceptors (Lipinski definition) is 8. The molecule has 0 bridgehead atoms. The maximum Gasteiger partial charge on any atom is 0.231 e. The highest BCUT2D eigenvalue weighted by atomic mass is 16.7. The van der Waals surface area contributed by atoms with Gasteiger partial charge in [0.25, 0.3) is 0 Å². The Hall–Kier alpha value is -2.26. The van der Waals surface area contributed by atoms with Crippen LogP contribution < -0.4 is 9.47 Å². The van der Waals surface area contributed by atoms with Crippen LogP contribution in [0.1, 0.15) is 71.3 Å². The van der Waals surface area contributed by atoms with Crippen LogP contribution in [-0.2, 0) is 30.1 Å². The highest BCUT2D eigenvalue weighted by molar-refractivity contribution is 5.45. The monoisotopic (exact) mass is 560 g/mol. The van der Waals surface area contributed by atoms with Gasteiger partial charge in [-0.25, -0.2) is 0 Å². The largest absolute Gasteiger partial charge is 0.454 e. The van der Waals surface area contributed by atoms with Gasteiger partial charge in [-0.1, -0.05) is 46.1 Å². The summed E-state index contributed by atoms with van der Waals surface area (Å²) in [5, 5.41) is 12.2. The summed E-state index contributed by atoms with van der Waals surface area (Å²) in [7, 11) is 0. The zero-order chi connectivity index (χ0) is 28.3. The van der Waals surface area contributed by atoms with Crippen molar-refractivity contribution in [1.29, 1.82) is 0 Å². The van der Waals surface area contributed by atoms with Crippen LogP contribution >= 0.6 is 0 Å². The minimum Gasteiger partial charge on any atom is -0.454 e. The molecule has 1 aliphatic carbocycles. The van der Waals surface area contributed by atoms with Gasteiger partial charge in [-0.05, 0) is 61.4 Å². The van der Waals surface area contributed by atoms with E-state index in [0.29, 0.717) is 52.3 Å². The first kappa shape index (κ1) is 30.7. The van der Waals surface area contributed by atoms with Crippen LogP contribution in [0.3, 0.4) is 0 Å². The van der Waals surface area contributed by atoms with E-state index in [4.69, 9.17) is 33.2 Å². The van der Waals surface area contributed by atoms with Gasteiger partial charge in [0.1, 0.15) is 0 Å². The Bertz CT molecular complexity index is 991. The normalized spacial score (nSPS) is 22.6. The van der Waals surface area contributed by atoms with Crippen LogP contribution in [0.4, 0.5) is 0 Å². The smallest absolute Gasteiger partial charge is 0.231 e. The van der Waals surface area contributed by atoms with Gasteiger partial charge in [-0.3, -0.25) is 0 Å². The number of hydrogen-bond donors (Lipinski definition) is 1. The van der Waals surface area contributed by atoms with E-state index in [-0.39, 0.29) is 19.5 Å². The minimum absolute atomic E-state index is 0.144. The molecule has 8 heteroatoms. The van der Waals surface area contributed by atoms with Crippen molar-refractivity contribution in [3.63, 3.8) is 0 Å². The molecule has 224 valence electrons. The maximum absolute atomic E-state index is 12.2. The molecule has 2 aliphatic heterocycles. The van der Waals surface area contributed by atoms with Crippen molar-refractivity contribution in [2.75, 3.05) is 53.2 Å². The van der Waals surface area contributed by atoms with Crippen molar-refractivity contribution in [3.8, 4) is 11.5 Å². The van der Waals surface area contributed by atoms with E-state index >= 15 is 0 Å². The first-order valence-corrected chi connectivity index (χ1v) is 15.1. The topological polar surface area (TPSA) is 84.8 Å².